The molecular weight excluding hydrogens is 266 g/mol. The van der Waals surface area contributed by atoms with Crippen LogP contribution in [0, 0.1) is 5.41 Å². The molecule has 0 aromatic carbocycles. The van der Waals surface area contributed by atoms with Crippen molar-refractivity contribution in [2.45, 2.75) is 26.1 Å². The molecule has 1 aromatic heterocycles. The SMILES string of the molecule is CC1(C(=O)O)COCC1NC(=O)Cn1cc(CN)nn1. The number of nitrogens with one attached hydrogen (secondary N) is 1. The van der Waals surface area contributed by atoms with Gasteiger partial charge in [-0.3, -0.25) is 9.59 Å². The highest BCUT2D eigenvalue weighted by Crippen LogP contribution is 2.28. The standard InChI is InChI=1S/C11H17N5O4/c1-11(10(18)19)6-20-5-8(11)13-9(17)4-16-3-7(2-12)14-15-16/h3,8H,2,4-6,12H2,1H3,(H,13,17)(H,18,19). The van der Waals surface area contributed by atoms with E-state index < -0.39 is 17.4 Å². The van der Waals surface area contributed by atoms with Crippen LogP contribution < -0.4 is 11.1 Å². The third kappa shape index (κ3) is 2.78. The maximum absolute atomic E-state index is 11.9. The molecule has 1 saturated heterocycles. The van der Waals surface area contributed by atoms with Gasteiger partial charge in [0.05, 0.1) is 31.1 Å². The average molecular weight is 283 g/mol. The lowest BCUT2D eigenvalue weighted by atomic mass is 9.85. The van der Waals surface area contributed by atoms with Gasteiger partial charge in [0.15, 0.2) is 0 Å². The van der Waals surface area contributed by atoms with Gasteiger partial charge in [-0.15, -0.1) is 5.10 Å². The Morgan fingerprint density at radius 3 is 3.05 bits per heavy atom. The van der Waals surface area contributed by atoms with E-state index in [-0.39, 0.29) is 32.2 Å². The number of hydrogen-bond donors (Lipinski definition) is 3. The fourth-order valence-electron chi connectivity index (χ4n) is 1.98. The van der Waals surface area contributed by atoms with Gasteiger partial charge in [-0.2, -0.15) is 0 Å². The van der Waals surface area contributed by atoms with Crippen molar-refractivity contribution < 1.29 is 19.4 Å². The molecule has 1 aromatic rings. The topological polar surface area (TPSA) is 132 Å². The van der Waals surface area contributed by atoms with Crippen molar-refractivity contribution in [2.75, 3.05) is 13.2 Å². The van der Waals surface area contributed by atoms with Crippen molar-refractivity contribution >= 4 is 11.9 Å². The summed E-state index contributed by atoms with van der Waals surface area (Å²) in [5.41, 5.74) is 4.87. The summed E-state index contributed by atoms with van der Waals surface area (Å²) < 4.78 is 6.51. The van der Waals surface area contributed by atoms with Crippen LogP contribution in [0.3, 0.4) is 0 Å². The summed E-state index contributed by atoms with van der Waals surface area (Å²) in [6.45, 7) is 2.01. The van der Waals surface area contributed by atoms with Crippen molar-refractivity contribution in [3.8, 4) is 0 Å². The van der Waals surface area contributed by atoms with Crippen LogP contribution in [-0.4, -0.2) is 51.2 Å². The quantitative estimate of drug-likeness (QED) is 0.589. The number of aromatic nitrogens is 3. The fourth-order valence-corrected chi connectivity index (χ4v) is 1.98. The number of nitrogens with zero attached hydrogens (tertiary/aromatic N) is 3. The minimum absolute atomic E-state index is 0.0425. The first-order valence-corrected chi connectivity index (χ1v) is 6.15. The van der Waals surface area contributed by atoms with Gasteiger partial charge in [-0.25, -0.2) is 4.68 Å². The molecule has 2 unspecified atom stereocenters. The molecule has 9 heteroatoms. The smallest absolute Gasteiger partial charge is 0.313 e. The molecule has 0 aliphatic carbocycles. The van der Waals surface area contributed by atoms with Crippen LogP contribution in [0.15, 0.2) is 6.20 Å². The molecule has 1 fully saturated rings. The van der Waals surface area contributed by atoms with E-state index in [1.54, 1.807) is 13.1 Å². The van der Waals surface area contributed by atoms with Crippen LogP contribution in [0.1, 0.15) is 12.6 Å². The molecule has 1 amide bonds. The Kier molecular flexibility index (Phi) is 4.00. The first-order valence-electron chi connectivity index (χ1n) is 6.15. The molecule has 2 rings (SSSR count). The van der Waals surface area contributed by atoms with E-state index in [0.29, 0.717) is 5.69 Å². The molecule has 9 nitrogen and oxygen atoms in total. The van der Waals surface area contributed by atoms with Gasteiger partial charge in [0.25, 0.3) is 0 Å². The molecule has 1 aliphatic rings. The summed E-state index contributed by atoms with van der Waals surface area (Å²) in [4.78, 5) is 23.1. The molecule has 2 heterocycles. The van der Waals surface area contributed by atoms with Gasteiger partial charge in [0, 0.05) is 6.54 Å². The number of ether oxygens (including phenoxy) is 1. The number of rotatable bonds is 5. The lowest BCUT2D eigenvalue weighted by Crippen LogP contribution is -2.50. The summed E-state index contributed by atoms with van der Waals surface area (Å²) in [7, 11) is 0. The lowest BCUT2D eigenvalue weighted by Gasteiger charge is -2.25. The van der Waals surface area contributed by atoms with Crippen LogP contribution in [0.2, 0.25) is 0 Å². The van der Waals surface area contributed by atoms with Gasteiger partial charge in [-0.05, 0) is 6.92 Å². The Hall–Kier alpha value is -2.00. The monoisotopic (exact) mass is 283 g/mol. The molecule has 0 saturated carbocycles. The second-order valence-electron chi connectivity index (χ2n) is 4.97. The van der Waals surface area contributed by atoms with Crippen molar-refractivity contribution in [2.24, 2.45) is 11.1 Å². The Morgan fingerprint density at radius 2 is 2.45 bits per heavy atom. The maximum Gasteiger partial charge on any atom is 0.313 e. The number of carbonyl (C=O) groups is 2. The summed E-state index contributed by atoms with van der Waals surface area (Å²) >= 11 is 0. The summed E-state index contributed by atoms with van der Waals surface area (Å²) in [5, 5.41) is 19.4. The zero-order valence-corrected chi connectivity index (χ0v) is 11.1. The van der Waals surface area contributed by atoms with E-state index in [9.17, 15) is 14.7 Å². The van der Waals surface area contributed by atoms with Gasteiger partial charge in [-0.1, -0.05) is 5.21 Å². The number of aliphatic carboxylic acids is 1. The largest absolute Gasteiger partial charge is 0.481 e. The third-order valence-corrected chi connectivity index (χ3v) is 3.38. The number of carboxylic acid groups (broad SMARTS) is 1. The average Bonchev–Trinajstić information content (AvgIpc) is 2.98. The molecule has 0 spiro atoms. The van der Waals surface area contributed by atoms with Crippen LogP contribution >= 0.6 is 0 Å². The van der Waals surface area contributed by atoms with E-state index in [1.165, 1.54) is 4.68 Å². The van der Waals surface area contributed by atoms with E-state index >= 15 is 0 Å². The Balaban J connectivity index is 1.96. The molecule has 0 bridgehead atoms. The molecule has 110 valence electrons. The third-order valence-electron chi connectivity index (χ3n) is 3.38. The van der Waals surface area contributed by atoms with Crippen molar-refractivity contribution in [3.63, 3.8) is 0 Å². The summed E-state index contributed by atoms with van der Waals surface area (Å²) in [6, 6.07) is -0.565. The molecule has 1 aliphatic heterocycles. The zero-order valence-electron chi connectivity index (χ0n) is 11.1. The van der Waals surface area contributed by atoms with E-state index in [4.69, 9.17) is 10.5 Å². The van der Waals surface area contributed by atoms with Crippen molar-refractivity contribution in [1.29, 1.82) is 0 Å². The highest BCUT2D eigenvalue weighted by molar-refractivity contribution is 5.80. The molecule has 2 atom stereocenters. The lowest BCUT2D eigenvalue weighted by molar-refractivity contribution is -0.149. The number of hydrogen-bond acceptors (Lipinski definition) is 6. The molecule has 4 N–H and O–H groups in total. The fraction of sp³-hybridized carbons (Fsp3) is 0.636. The number of carbonyl (C=O) groups excluding carboxylic acids is 1. The minimum Gasteiger partial charge on any atom is -0.481 e. The first-order chi connectivity index (χ1) is 9.45. The van der Waals surface area contributed by atoms with Crippen molar-refractivity contribution in [3.05, 3.63) is 11.9 Å². The summed E-state index contributed by atoms with van der Waals surface area (Å²) in [6.07, 6.45) is 1.57. The normalized spacial score (nSPS) is 25.6. The Morgan fingerprint density at radius 1 is 1.70 bits per heavy atom. The predicted octanol–water partition coefficient (Wildman–Crippen LogP) is -1.66. The Bertz CT molecular complexity index is 517. The van der Waals surface area contributed by atoms with E-state index in [2.05, 4.69) is 15.6 Å². The van der Waals surface area contributed by atoms with Gasteiger partial charge in [0.1, 0.15) is 12.0 Å². The predicted molar refractivity (Wildman–Crippen MR) is 66.4 cm³/mol. The van der Waals surface area contributed by atoms with Gasteiger partial charge < -0.3 is 20.9 Å². The maximum atomic E-state index is 11.9. The van der Waals surface area contributed by atoms with Crippen LogP contribution in [-0.2, 0) is 27.4 Å². The van der Waals surface area contributed by atoms with Crippen LogP contribution in [0.4, 0.5) is 0 Å². The molecule has 0 radical (unpaired) electrons. The van der Waals surface area contributed by atoms with Gasteiger partial charge >= 0.3 is 5.97 Å². The Labute approximate surface area is 115 Å². The zero-order chi connectivity index (χ0) is 14.8. The highest BCUT2D eigenvalue weighted by atomic mass is 16.5. The molecular formula is C11H17N5O4. The van der Waals surface area contributed by atoms with Crippen LogP contribution in [0.5, 0.6) is 0 Å². The van der Waals surface area contributed by atoms with E-state index in [1.807, 2.05) is 0 Å². The van der Waals surface area contributed by atoms with Crippen LogP contribution in [0.25, 0.3) is 0 Å². The van der Waals surface area contributed by atoms with Crippen molar-refractivity contribution in [1.82, 2.24) is 20.3 Å². The minimum atomic E-state index is -1.11. The highest BCUT2D eigenvalue weighted by Gasteiger charge is 2.47. The van der Waals surface area contributed by atoms with Gasteiger partial charge in [0.2, 0.25) is 5.91 Å². The number of amides is 1. The van der Waals surface area contributed by atoms with E-state index in [0.717, 1.165) is 0 Å². The number of carboxylic acids is 1. The number of nitrogens with two attached hydrogens (primary N) is 1. The molecule has 20 heavy (non-hydrogen) atoms. The first kappa shape index (κ1) is 14.4. The second-order valence-corrected chi connectivity index (χ2v) is 4.97. The second kappa shape index (κ2) is 5.55. The summed E-state index contributed by atoms with van der Waals surface area (Å²) in [5.74, 6) is -1.34.